The summed E-state index contributed by atoms with van der Waals surface area (Å²) >= 11 is 0. The predicted molar refractivity (Wildman–Crippen MR) is 112 cm³/mol. The molecule has 28 heavy (non-hydrogen) atoms. The van der Waals surface area contributed by atoms with Gasteiger partial charge >= 0.3 is 11.9 Å². The molecule has 0 heterocycles. The lowest BCUT2D eigenvalue weighted by Crippen LogP contribution is -2.40. The van der Waals surface area contributed by atoms with Crippen molar-refractivity contribution in [3.8, 4) is 0 Å². The van der Waals surface area contributed by atoms with Gasteiger partial charge < -0.3 is 9.47 Å². The van der Waals surface area contributed by atoms with Crippen molar-refractivity contribution in [3.05, 3.63) is 0 Å². The van der Waals surface area contributed by atoms with Crippen molar-refractivity contribution in [1.29, 1.82) is 0 Å². The van der Waals surface area contributed by atoms with Crippen LogP contribution in [-0.2, 0) is 19.1 Å². The number of rotatable bonds is 6. The maximum atomic E-state index is 12.7. The van der Waals surface area contributed by atoms with Crippen LogP contribution in [0.15, 0.2) is 0 Å². The molecular weight excluding hydrogens is 352 g/mol. The molecule has 0 bridgehead atoms. The summed E-state index contributed by atoms with van der Waals surface area (Å²) in [6.07, 6.45) is 6.18. The normalized spacial score (nSPS) is 34.9. The Morgan fingerprint density at radius 3 is 1.36 bits per heavy atom. The van der Waals surface area contributed by atoms with Crippen LogP contribution >= 0.6 is 0 Å². The first-order chi connectivity index (χ1) is 13.1. The Labute approximate surface area is 172 Å². The Morgan fingerprint density at radius 1 is 0.679 bits per heavy atom. The van der Waals surface area contributed by atoms with Gasteiger partial charge in [-0.3, -0.25) is 9.59 Å². The highest BCUT2D eigenvalue weighted by Gasteiger charge is 2.38. The number of ether oxygens (including phenoxy) is 2. The lowest BCUT2D eigenvalue weighted by Gasteiger charge is -2.38. The first kappa shape index (κ1) is 23.2. The van der Waals surface area contributed by atoms with E-state index in [1.54, 1.807) is 6.92 Å². The maximum absolute atomic E-state index is 12.7. The Morgan fingerprint density at radius 2 is 1.04 bits per heavy atom. The molecular formula is C24H42O4. The molecule has 0 aromatic carbocycles. The molecule has 0 N–H and O–H groups in total. The van der Waals surface area contributed by atoms with E-state index in [4.69, 9.17) is 9.47 Å². The predicted octanol–water partition coefficient (Wildman–Crippen LogP) is 5.63. The second-order valence-electron chi connectivity index (χ2n) is 10.3. The summed E-state index contributed by atoms with van der Waals surface area (Å²) in [6, 6.07) is 0. The van der Waals surface area contributed by atoms with Crippen molar-refractivity contribution in [1.82, 2.24) is 0 Å². The van der Waals surface area contributed by atoms with Gasteiger partial charge in [0.25, 0.3) is 0 Å². The summed E-state index contributed by atoms with van der Waals surface area (Å²) in [6.45, 7) is 14.8. The molecule has 2 aliphatic rings. The number of esters is 2. The summed E-state index contributed by atoms with van der Waals surface area (Å²) in [5.41, 5.74) is 0. The lowest BCUT2D eigenvalue weighted by atomic mass is 9.75. The monoisotopic (exact) mass is 394 g/mol. The number of hydrogen-bond acceptors (Lipinski definition) is 4. The fourth-order valence-electron chi connectivity index (χ4n) is 5.10. The van der Waals surface area contributed by atoms with Gasteiger partial charge in [-0.25, -0.2) is 0 Å². The second kappa shape index (κ2) is 10.1. The standard InChI is InChI=1S/C24H42O4/c1-14(2)19-10-8-16(5)12-21(19)27-23(25)18(7)24(26)28-22-13-17(6)9-11-20(22)15(3)4/h14-22H,8-13H2,1-7H3. The highest BCUT2D eigenvalue weighted by Crippen LogP contribution is 2.37. The van der Waals surface area contributed by atoms with Gasteiger partial charge in [-0.1, -0.05) is 54.4 Å². The molecule has 2 saturated carbocycles. The Balaban J connectivity index is 1.96. The van der Waals surface area contributed by atoms with Crippen LogP contribution < -0.4 is 0 Å². The largest absolute Gasteiger partial charge is 0.461 e. The van der Waals surface area contributed by atoms with Crippen molar-refractivity contribution in [2.45, 2.75) is 99.2 Å². The van der Waals surface area contributed by atoms with E-state index in [9.17, 15) is 9.59 Å². The SMILES string of the molecule is CC1CCC(C(C)C)C(OC(=O)C(C)C(=O)OC2CC(C)CCC2C(C)C)C1. The van der Waals surface area contributed by atoms with E-state index < -0.39 is 17.9 Å². The molecule has 0 aromatic rings. The summed E-state index contributed by atoms with van der Waals surface area (Å²) < 4.78 is 11.7. The van der Waals surface area contributed by atoms with Crippen molar-refractivity contribution < 1.29 is 19.1 Å². The number of carbonyl (C=O) groups excluding carboxylic acids is 2. The molecule has 0 aromatic heterocycles. The van der Waals surface area contributed by atoms with E-state index in [1.807, 2.05) is 0 Å². The molecule has 0 spiro atoms. The molecule has 6 unspecified atom stereocenters. The lowest BCUT2D eigenvalue weighted by molar-refractivity contribution is -0.174. The van der Waals surface area contributed by atoms with Crippen molar-refractivity contribution >= 4 is 11.9 Å². The highest BCUT2D eigenvalue weighted by atomic mass is 16.6. The fraction of sp³-hybridized carbons (Fsp3) is 0.917. The van der Waals surface area contributed by atoms with Gasteiger partial charge in [0.05, 0.1) is 0 Å². The van der Waals surface area contributed by atoms with Crippen LogP contribution in [0.2, 0.25) is 0 Å². The zero-order valence-electron chi connectivity index (χ0n) is 19.1. The Bertz CT molecular complexity index is 481. The van der Waals surface area contributed by atoms with Crippen LogP contribution in [0.25, 0.3) is 0 Å². The second-order valence-corrected chi connectivity index (χ2v) is 10.3. The average Bonchev–Trinajstić information content (AvgIpc) is 2.60. The molecule has 6 atom stereocenters. The van der Waals surface area contributed by atoms with Crippen LogP contribution in [0, 0.1) is 41.4 Å². The van der Waals surface area contributed by atoms with Gasteiger partial charge in [0.15, 0.2) is 5.92 Å². The minimum Gasteiger partial charge on any atom is -0.461 e. The van der Waals surface area contributed by atoms with Gasteiger partial charge in [0, 0.05) is 0 Å². The first-order valence-corrected chi connectivity index (χ1v) is 11.5. The molecule has 0 radical (unpaired) electrons. The molecule has 2 rings (SSSR count). The summed E-state index contributed by atoms with van der Waals surface area (Å²) in [5, 5.41) is 0. The average molecular weight is 395 g/mol. The van der Waals surface area contributed by atoms with E-state index in [-0.39, 0.29) is 12.2 Å². The van der Waals surface area contributed by atoms with E-state index in [0.717, 1.165) is 25.7 Å². The third-order valence-corrected chi connectivity index (χ3v) is 7.16. The van der Waals surface area contributed by atoms with E-state index in [1.165, 1.54) is 12.8 Å². The summed E-state index contributed by atoms with van der Waals surface area (Å²) in [5.74, 6) is 1.15. The van der Waals surface area contributed by atoms with Crippen LogP contribution in [0.4, 0.5) is 0 Å². The summed E-state index contributed by atoms with van der Waals surface area (Å²) in [7, 11) is 0. The zero-order valence-corrected chi connectivity index (χ0v) is 19.1. The molecule has 2 aliphatic carbocycles. The van der Waals surface area contributed by atoms with E-state index >= 15 is 0 Å². The molecule has 4 nitrogen and oxygen atoms in total. The third kappa shape index (κ3) is 5.97. The first-order valence-electron chi connectivity index (χ1n) is 11.5. The number of carbonyl (C=O) groups is 2. The van der Waals surface area contributed by atoms with Crippen molar-refractivity contribution in [3.63, 3.8) is 0 Å². The molecule has 0 aliphatic heterocycles. The Hall–Kier alpha value is -1.06. The summed E-state index contributed by atoms with van der Waals surface area (Å²) in [4.78, 5) is 25.5. The number of hydrogen-bond donors (Lipinski definition) is 0. The molecule has 0 amide bonds. The maximum Gasteiger partial charge on any atom is 0.320 e. The molecule has 162 valence electrons. The minimum atomic E-state index is -0.852. The quantitative estimate of drug-likeness (QED) is 0.433. The van der Waals surface area contributed by atoms with Crippen LogP contribution in [0.5, 0.6) is 0 Å². The van der Waals surface area contributed by atoms with Gasteiger partial charge in [-0.2, -0.15) is 0 Å². The topological polar surface area (TPSA) is 52.6 Å². The fourth-order valence-corrected chi connectivity index (χ4v) is 5.10. The van der Waals surface area contributed by atoms with E-state index in [0.29, 0.717) is 35.5 Å². The van der Waals surface area contributed by atoms with Gasteiger partial charge in [-0.05, 0) is 68.1 Å². The van der Waals surface area contributed by atoms with Crippen molar-refractivity contribution in [2.24, 2.45) is 41.4 Å². The molecule has 2 fully saturated rings. The van der Waals surface area contributed by atoms with Crippen LogP contribution in [-0.4, -0.2) is 24.1 Å². The minimum absolute atomic E-state index is 0.0791. The van der Waals surface area contributed by atoms with Gasteiger partial charge in [0.2, 0.25) is 0 Å². The van der Waals surface area contributed by atoms with Crippen LogP contribution in [0.3, 0.4) is 0 Å². The third-order valence-electron chi connectivity index (χ3n) is 7.16. The molecule has 0 saturated heterocycles. The molecule has 4 heteroatoms. The Kier molecular flexibility index (Phi) is 8.39. The van der Waals surface area contributed by atoms with E-state index in [2.05, 4.69) is 41.5 Å². The van der Waals surface area contributed by atoms with Gasteiger partial charge in [0.1, 0.15) is 12.2 Å². The highest BCUT2D eigenvalue weighted by molar-refractivity contribution is 5.94. The smallest absolute Gasteiger partial charge is 0.320 e. The zero-order chi connectivity index (χ0) is 21.0. The van der Waals surface area contributed by atoms with Crippen LogP contribution in [0.1, 0.15) is 87.0 Å². The van der Waals surface area contributed by atoms with Crippen molar-refractivity contribution in [2.75, 3.05) is 0 Å². The van der Waals surface area contributed by atoms with Gasteiger partial charge in [-0.15, -0.1) is 0 Å².